The Morgan fingerprint density at radius 3 is 2.75 bits per heavy atom. The number of hydrogen-bond donors (Lipinski definition) is 1. The number of aryl methyl sites for hydroxylation is 2. The summed E-state index contributed by atoms with van der Waals surface area (Å²) in [6, 6.07) is 6.32. The molecule has 1 rings (SSSR count). The Hall–Kier alpha value is -0.340. The van der Waals surface area contributed by atoms with Crippen LogP contribution in [0.15, 0.2) is 22.7 Å². The van der Waals surface area contributed by atoms with E-state index in [0.29, 0.717) is 0 Å². The molecule has 1 aromatic rings. The van der Waals surface area contributed by atoms with Crippen molar-refractivity contribution in [1.29, 1.82) is 0 Å². The van der Waals surface area contributed by atoms with Gasteiger partial charge in [-0.2, -0.15) is 0 Å². The van der Waals surface area contributed by atoms with Crippen molar-refractivity contribution in [2.45, 2.75) is 19.8 Å². The van der Waals surface area contributed by atoms with E-state index in [9.17, 15) is 0 Å². The molecule has 0 radical (unpaired) electrons. The second-order valence-electron chi connectivity index (χ2n) is 2.91. The highest BCUT2D eigenvalue weighted by atomic mass is 79.9. The van der Waals surface area contributed by atoms with Crippen LogP contribution in [0.25, 0.3) is 0 Å². The Kier molecular flexibility index (Phi) is 3.76. The Bertz CT molecular complexity index is 258. The smallest absolute Gasteiger partial charge is 0.0434 e. The summed E-state index contributed by atoms with van der Waals surface area (Å²) in [5.41, 5.74) is 2.53. The fourth-order valence-corrected chi connectivity index (χ4v) is 1.50. The van der Waals surface area contributed by atoms with Crippen LogP contribution in [0.3, 0.4) is 0 Å². The lowest BCUT2D eigenvalue weighted by Crippen LogP contribution is -1.89. The maximum absolute atomic E-state index is 8.64. The molecule has 0 aromatic heterocycles. The molecule has 0 amide bonds. The molecule has 12 heavy (non-hydrogen) atoms. The molecule has 1 nitrogen and oxygen atoms in total. The molecule has 0 saturated carbocycles. The highest BCUT2D eigenvalue weighted by Gasteiger charge is 1.96. The summed E-state index contributed by atoms with van der Waals surface area (Å²) >= 11 is 3.48. The minimum atomic E-state index is 0.269. The van der Waals surface area contributed by atoms with Crippen molar-refractivity contribution in [1.82, 2.24) is 0 Å². The lowest BCUT2D eigenvalue weighted by atomic mass is 10.1. The normalized spacial score (nSPS) is 10.2. The summed E-state index contributed by atoms with van der Waals surface area (Å²) in [7, 11) is 0. The van der Waals surface area contributed by atoms with Gasteiger partial charge in [-0.25, -0.2) is 0 Å². The standard InChI is InChI=1S/C10H13BrO/c1-8-4-5-9(3-2-6-12)7-10(8)11/h4-5,7,12H,2-3,6H2,1H3. The third-order valence-electron chi connectivity index (χ3n) is 1.86. The zero-order valence-electron chi connectivity index (χ0n) is 7.18. The fourth-order valence-electron chi connectivity index (χ4n) is 1.08. The zero-order valence-corrected chi connectivity index (χ0v) is 8.76. The molecule has 0 heterocycles. The monoisotopic (exact) mass is 228 g/mol. The van der Waals surface area contributed by atoms with Crippen LogP contribution in [-0.4, -0.2) is 11.7 Å². The number of aliphatic hydroxyl groups excluding tert-OH is 1. The number of halogens is 1. The molecule has 0 unspecified atom stereocenters. The van der Waals surface area contributed by atoms with Crippen molar-refractivity contribution in [3.63, 3.8) is 0 Å². The average molecular weight is 229 g/mol. The van der Waals surface area contributed by atoms with E-state index in [1.54, 1.807) is 0 Å². The van der Waals surface area contributed by atoms with Crippen molar-refractivity contribution in [2.75, 3.05) is 6.61 Å². The number of aliphatic hydroxyl groups is 1. The van der Waals surface area contributed by atoms with Crippen molar-refractivity contribution >= 4 is 15.9 Å². The number of benzene rings is 1. The maximum atomic E-state index is 8.64. The molecule has 0 atom stereocenters. The van der Waals surface area contributed by atoms with Gasteiger partial charge in [0.15, 0.2) is 0 Å². The van der Waals surface area contributed by atoms with Gasteiger partial charge in [0.25, 0.3) is 0 Å². The second kappa shape index (κ2) is 4.63. The van der Waals surface area contributed by atoms with Crippen LogP contribution in [0.4, 0.5) is 0 Å². The first-order chi connectivity index (χ1) is 5.74. The first-order valence-electron chi connectivity index (χ1n) is 4.10. The minimum Gasteiger partial charge on any atom is -0.396 e. The van der Waals surface area contributed by atoms with E-state index in [-0.39, 0.29) is 6.61 Å². The molecule has 0 aliphatic heterocycles. The minimum absolute atomic E-state index is 0.269. The van der Waals surface area contributed by atoms with Crippen LogP contribution >= 0.6 is 15.9 Å². The summed E-state index contributed by atoms with van der Waals surface area (Å²) in [5, 5.41) is 8.64. The van der Waals surface area contributed by atoms with E-state index in [4.69, 9.17) is 5.11 Å². The summed E-state index contributed by atoms with van der Waals surface area (Å²) in [5.74, 6) is 0. The molecular weight excluding hydrogens is 216 g/mol. The van der Waals surface area contributed by atoms with E-state index in [1.165, 1.54) is 11.1 Å². The van der Waals surface area contributed by atoms with Crippen molar-refractivity contribution in [3.8, 4) is 0 Å². The van der Waals surface area contributed by atoms with Gasteiger partial charge in [-0.1, -0.05) is 28.1 Å². The van der Waals surface area contributed by atoms with E-state index < -0.39 is 0 Å². The highest BCUT2D eigenvalue weighted by Crippen LogP contribution is 2.18. The SMILES string of the molecule is Cc1ccc(CCCO)cc1Br. The number of hydrogen-bond acceptors (Lipinski definition) is 1. The van der Waals surface area contributed by atoms with Crippen LogP contribution in [0.2, 0.25) is 0 Å². The molecule has 1 N–H and O–H groups in total. The van der Waals surface area contributed by atoms with Gasteiger partial charge in [-0.15, -0.1) is 0 Å². The molecule has 0 saturated heterocycles. The van der Waals surface area contributed by atoms with Gasteiger partial charge < -0.3 is 5.11 Å². The Morgan fingerprint density at radius 2 is 2.17 bits per heavy atom. The van der Waals surface area contributed by atoms with Gasteiger partial charge >= 0.3 is 0 Å². The van der Waals surface area contributed by atoms with Crippen molar-refractivity contribution in [3.05, 3.63) is 33.8 Å². The summed E-state index contributed by atoms with van der Waals surface area (Å²) in [6.45, 7) is 2.34. The summed E-state index contributed by atoms with van der Waals surface area (Å²) in [6.07, 6.45) is 1.80. The van der Waals surface area contributed by atoms with Gasteiger partial charge in [0, 0.05) is 11.1 Å². The van der Waals surface area contributed by atoms with Gasteiger partial charge in [-0.3, -0.25) is 0 Å². The van der Waals surface area contributed by atoms with E-state index in [2.05, 4.69) is 41.1 Å². The van der Waals surface area contributed by atoms with Gasteiger partial charge in [-0.05, 0) is 37.0 Å². The quantitative estimate of drug-likeness (QED) is 0.844. The largest absolute Gasteiger partial charge is 0.396 e. The summed E-state index contributed by atoms with van der Waals surface area (Å²) in [4.78, 5) is 0. The zero-order chi connectivity index (χ0) is 8.97. The Labute approximate surface area is 81.6 Å². The highest BCUT2D eigenvalue weighted by molar-refractivity contribution is 9.10. The van der Waals surface area contributed by atoms with Crippen molar-refractivity contribution in [2.24, 2.45) is 0 Å². The van der Waals surface area contributed by atoms with E-state index in [0.717, 1.165) is 17.3 Å². The van der Waals surface area contributed by atoms with E-state index >= 15 is 0 Å². The van der Waals surface area contributed by atoms with Gasteiger partial charge in [0.05, 0.1) is 0 Å². The molecular formula is C10H13BrO. The van der Waals surface area contributed by atoms with E-state index in [1.807, 2.05) is 0 Å². The second-order valence-corrected chi connectivity index (χ2v) is 3.77. The number of rotatable bonds is 3. The Morgan fingerprint density at radius 1 is 1.42 bits per heavy atom. The molecule has 0 bridgehead atoms. The van der Waals surface area contributed by atoms with Crippen LogP contribution < -0.4 is 0 Å². The third kappa shape index (κ3) is 2.61. The van der Waals surface area contributed by atoms with Crippen LogP contribution in [-0.2, 0) is 6.42 Å². The topological polar surface area (TPSA) is 20.2 Å². The molecule has 66 valence electrons. The Balaban J connectivity index is 2.69. The first-order valence-corrected chi connectivity index (χ1v) is 4.89. The predicted octanol–water partition coefficient (Wildman–Crippen LogP) is 2.68. The molecule has 0 spiro atoms. The third-order valence-corrected chi connectivity index (χ3v) is 2.71. The fraction of sp³-hybridized carbons (Fsp3) is 0.400. The lowest BCUT2D eigenvalue weighted by molar-refractivity contribution is 0.288. The van der Waals surface area contributed by atoms with Crippen molar-refractivity contribution < 1.29 is 5.11 Å². The summed E-state index contributed by atoms with van der Waals surface area (Å²) < 4.78 is 1.15. The predicted molar refractivity (Wildman–Crippen MR) is 54.3 cm³/mol. The van der Waals surface area contributed by atoms with Crippen LogP contribution in [0.5, 0.6) is 0 Å². The average Bonchev–Trinajstić information content (AvgIpc) is 2.07. The van der Waals surface area contributed by atoms with Gasteiger partial charge in [0.2, 0.25) is 0 Å². The molecule has 1 aromatic carbocycles. The lowest BCUT2D eigenvalue weighted by Gasteiger charge is -2.02. The molecule has 2 heteroatoms. The van der Waals surface area contributed by atoms with Crippen LogP contribution in [0, 0.1) is 6.92 Å². The molecule has 0 aliphatic rings. The van der Waals surface area contributed by atoms with Gasteiger partial charge in [0.1, 0.15) is 0 Å². The maximum Gasteiger partial charge on any atom is 0.0434 e. The molecule has 0 fully saturated rings. The molecule has 0 aliphatic carbocycles. The first kappa shape index (κ1) is 9.75. The van der Waals surface area contributed by atoms with Crippen LogP contribution in [0.1, 0.15) is 17.5 Å².